The molecule has 0 spiro atoms. The number of hydrogen-bond acceptors (Lipinski definition) is 10. The minimum atomic E-state index is -4.19. The third-order valence-electron chi connectivity index (χ3n) is 12.4. The molecule has 0 saturated carbocycles. The highest BCUT2D eigenvalue weighted by Gasteiger charge is 2.37. The van der Waals surface area contributed by atoms with E-state index in [1.165, 1.54) is 37.6 Å². The second kappa shape index (κ2) is 18.3. The molecular weight excluding hydrogens is 885 g/mol. The first-order valence-corrected chi connectivity index (χ1v) is 22.8. The van der Waals surface area contributed by atoms with E-state index < -0.39 is 68.1 Å². The van der Waals surface area contributed by atoms with E-state index in [4.69, 9.17) is 0 Å². The summed E-state index contributed by atoms with van der Waals surface area (Å²) >= 11 is 0. The lowest BCUT2D eigenvalue weighted by atomic mass is 9.87. The monoisotopic (exact) mass is 930 g/mol. The van der Waals surface area contributed by atoms with Gasteiger partial charge in [-0.3, -0.25) is 29.2 Å². The highest BCUT2D eigenvalue weighted by molar-refractivity contribution is 7.90. The summed E-state index contributed by atoms with van der Waals surface area (Å²) in [6, 6.07) is 11.6. The Labute approximate surface area is 377 Å². The number of rotatable bonds is 13. The van der Waals surface area contributed by atoms with Crippen LogP contribution in [-0.2, 0) is 24.6 Å². The second-order valence-corrected chi connectivity index (χ2v) is 18.5. The number of halogens is 4. The Balaban J connectivity index is 0.888. The van der Waals surface area contributed by atoms with Gasteiger partial charge in [0.15, 0.2) is 5.82 Å². The molecule has 3 aromatic carbocycles. The molecule has 0 radical (unpaired) electrons. The summed E-state index contributed by atoms with van der Waals surface area (Å²) in [7, 11) is -2.93. The van der Waals surface area contributed by atoms with Crippen molar-refractivity contribution in [1.82, 2.24) is 24.5 Å². The van der Waals surface area contributed by atoms with Crippen LogP contribution in [0.2, 0.25) is 0 Å². The Bertz CT molecular complexity index is 2920. The fourth-order valence-corrected chi connectivity index (χ4v) is 9.36. The average molecular weight is 931 g/mol. The Morgan fingerprint density at radius 3 is 2.41 bits per heavy atom. The van der Waals surface area contributed by atoms with Crippen molar-refractivity contribution in [3.05, 3.63) is 113 Å². The molecule has 66 heavy (non-hydrogen) atoms. The van der Waals surface area contributed by atoms with Crippen molar-refractivity contribution in [1.29, 1.82) is 0 Å². The molecule has 3 amide bonds. The third-order valence-corrected chi connectivity index (χ3v) is 14.0. The molecule has 0 bridgehead atoms. The first-order chi connectivity index (χ1) is 31.4. The first kappa shape index (κ1) is 45.9. The molecule has 20 heteroatoms. The van der Waals surface area contributed by atoms with Gasteiger partial charge < -0.3 is 25.2 Å². The fourth-order valence-electron chi connectivity index (χ4n) is 8.42. The van der Waals surface area contributed by atoms with Crippen molar-refractivity contribution in [2.45, 2.75) is 57.1 Å². The molecule has 2 aromatic heterocycles. The van der Waals surface area contributed by atoms with E-state index in [9.17, 15) is 32.7 Å². The molecule has 0 aliphatic carbocycles. The van der Waals surface area contributed by atoms with Crippen LogP contribution in [0.15, 0.2) is 73.1 Å². The van der Waals surface area contributed by atoms with E-state index >= 15 is 17.6 Å². The van der Waals surface area contributed by atoms with Gasteiger partial charge in [-0.05, 0) is 79.3 Å². The number of aromatic amines is 1. The van der Waals surface area contributed by atoms with E-state index in [1.54, 1.807) is 47.1 Å². The number of carbonyl (C=O) groups excluding carboxylic acids is 4. The van der Waals surface area contributed by atoms with Crippen LogP contribution in [0.5, 0.6) is 0 Å². The minimum Gasteiger partial charge on any atom is -0.389 e. The number of H-pyrrole nitrogens is 1. The smallest absolute Gasteiger partial charge is 0.301 e. The van der Waals surface area contributed by atoms with Gasteiger partial charge in [0, 0.05) is 86.3 Å². The van der Waals surface area contributed by atoms with E-state index in [2.05, 4.69) is 20.6 Å². The molecule has 1 atom stereocenters. The standard InChI is InChI=1S/C46H46F4N8O7S/c1-3-56(2)66(64,65)55-36-8-7-33(47)41(42(36)50)43(61)32-25-52-44-31(32)20-28(24-51-44)27-4-6-30(34(48)21-27)26-12-16-58(17-13-26)40(60)23-46(63)14-18-57(19-15-46)38-10-5-29(22-35(38)49)53-37-9-11-39(59)54-45(37)62/h4-8,10,12,20-22,24-25,37,53,55,63H,3,9,11,13-19,23H2,1-2H3,(H,51,52)(H,54,59,62). The number of pyridine rings is 1. The molecule has 8 rings (SSSR count). The predicted molar refractivity (Wildman–Crippen MR) is 239 cm³/mol. The number of fused-ring (bicyclic) bond motifs is 1. The summed E-state index contributed by atoms with van der Waals surface area (Å²) in [6.07, 6.45) is 5.59. The van der Waals surface area contributed by atoms with Gasteiger partial charge in [-0.25, -0.2) is 22.5 Å². The summed E-state index contributed by atoms with van der Waals surface area (Å²) in [5.74, 6) is -5.82. The summed E-state index contributed by atoms with van der Waals surface area (Å²) in [6.45, 7) is 2.71. The number of anilines is 3. The van der Waals surface area contributed by atoms with E-state index in [0.29, 0.717) is 59.6 Å². The number of aliphatic hydroxyl groups is 1. The number of amides is 3. The van der Waals surface area contributed by atoms with E-state index in [-0.39, 0.29) is 73.7 Å². The van der Waals surface area contributed by atoms with Crippen molar-refractivity contribution in [3.8, 4) is 11.1 Å². The van der Waals surface area contributed by atoms with Crippen molar-refractivity contribution in [2.24, 2.45) is 0 Å². The Hall–Kier alpha value is -6.64. The Morgan fingerprint density at radius 2 is 1.73 bits per heavy atom. The molecule has 346 valence electrons. The van der Waals surface area contributed by atoms with Crippen molar-refractivity contribution >= 4 is 67.4 Å². The van der Waals surface area contributed by atoms with Crippen molar-refractivity contribution in [3.63, 3.8) is 0 Å². The van der Waals surface area contributed by atoms with Gasteiger partial charge in [0.1, 0.15) is 29.1 Å². The van der Waals surface area contributed by atoms with Gasteiger partial charge in [-0.1, -0.05) is 25.1 Å². The van der Waals surface area contributed by atoms with Gasteiger partial charge in [0.25, 0.3) is 0 Å². The molecule has 2 saturated heterocycles. The number of imide groups is 1. The third kappa shape index (κ3) is 9.38. The molecule has 5 heterocycles. The highest BCUT2D eigenvalue weighted by atomic mass is 32.2. The molecule has 5 N–H and O–H groups in total. The van der Waals surface area contributed by atoms with Gasteiger partial charge in [-0.2, -0.15) is 12.7 Å². The molecular formula is C46H46F4N8O7S. The lowest BCUT2D eigenvalue weighted by Crippen LogP contribution is -2.48. The Morgan fingerprint density at radius 1 is 0.955 bits per heavy atom. The van der Waals surface area contributed by atoms with Crippen LogP contribution in [0, 0.1) is 23.3 Å². The molecule has 3 aliphatic rings. The van der Waals surface area contributed by atoms with Crippen molar-refractivity contribution < 1.29 is 50.3 Å². The first-order valence-electron chi connectivity index (χ1n) is 21.3. The lowest BCUT2D eigenvalue weighted by Gasteiger charge is -2.40. The normalized spacial score (nSPS) is 17.8. The number of nitrogens with one attached hydrogen (secondary N) is 4. The SMILES string of the molecule is CCN(C)S(=O)(=O)Nc1ccc(F)c(C(=O)c2c[nH]c3ncc(-c4ccc(C5=CCN(C(=O)CC6(O)CCN(c7ccc(NC8CCC(=O)NC8=O)cc7F)CC6)CC5)c(F)c4)cc23)c1F. The lowest BCUT2D eigenvalue weighted by molar-refractivity contribution is -0.137. The zero-order chi connectivity index (χ0) is 47.1. The zero-order valence-corrected chi connectivity index (χ0v) is 36.7. The molecule has 2 fully saturated rings. The van der Waals surface area contributed by atoms with Gasteiger partial charge >= 0.3 is 10.2 Å². The highest BCUT2D eigenvalue weighted by Crippen LogP contribution is 2.35. The minimum absolute atomic E-state index is 0.0679. The van der Waals surface area contributed by atoms with Gasteiger partial charge in [-0.15, -0.1) is 0 Å². The van der Waals surface area contributed by atoms with Crippen LogP contribution in [-0.4, -0.2) is 108 Å². The maximum Gasteiger partial charge on any atom is 0.301 e. The largest absolute Gasteiger partial charge is 0.389 e. The number of carbonyl (C=O) groups is 4. The van der Waals surface area contributed by atoms with E-state index in [1.807, 2.05) is 4.72 Å². The zero-order valence-electron chi connectivity index (χ0n) is 35.9. The number of piperidine rings is 2. The van der Waals surface area contributed by atoms with Gasteiger partial charge in [0.2, 0.25) is 23.5 Å². The number of hydrogen-bond donors (Lipinski definition) is 5. The second-order valence-electron chi connectivity index (χ2n) is 16.7. The number of nitrogens with zero attached hydrogens (tertiary/aromatic N) is 4. The summed E-state index contributed by atoms with van der Waals surface area (Å²) in [4.78, 5) is 61.2. The van der Waals surface area contributed by atoms with Gasteiger partial charge in [0.05, 0.1) is 29.0 Å². The molecule has 3 aliphatic heterocycles. The topological polar surface area (TPSA) is 197 Å². The van der Waals surface area contributed by atoms with Crippen LogP contribution >= 0.6 is 0 Å². The maximum atomic E-state index is 15.8. The summed E-state index contributed by atoms with van der Waals surface area (Å²) < 4.78 is 89.8. The average Bonchev–Trinajstić information content (AvgIpc) is 3.72. The Kier molecular flexibility index (Phi) is 12.7. The van der Waals surface area contributed by atoms with Crippen LogP contribution in [0.25, 0.3) is 27.7 Å². The quantitative estimate of drug-likeness (QED) is 0.0541. The molecule has 15 nitrogen and oxygen atoms in total. The molecule has 5 aromatic rings. The number of benzene rings is 3. The number of ketones is 1. The molecule has 1 unspecified atom stereocenters. The van der Waals surface area contributed by atoms with Crippen LogP contribution in [0.4, 0.5) is 34.6 Å². The summed E-state index contributed by atoms with van der Waals surface area (Å²) in [5.41, 5.74) is -0.317. The fraction of sp³-hybridized carbons (Fsp3) is 0.326. The van der Waals surface area contributed by atoms with Crippen LogP contribution in [0.1, 0.15) is 66.9 Å². The van der Waals surface area contributed by atoms with Crippen molar-refractivity contribution in [2.75, 3.05) is 54.7 Å². The van der Waals surface area contributed by atoms with Crippen LogP contribution in [0.3, 0.4) is 0 Å². The van der Waals surface area contributed by atoms with Crippen LogP contribution < -0.4 is 20.3 Å². The van der Waals surface area contributed by atoms with E-state index in [0.717, 1.165) is 16.4 Å². The number of aromatic nitrogens is 2. The maximum absolute atomic E-state index is 15.8. The summed E-state index contributed by atoms with van der Waals surface area (Å²) in [5, 5.41) is 16.8. The predicted octanol–water partition coefficient (Wildman–Crippen LogP) is 5.88.